The maximum Gasteiger partial charge on any atom is 0.0750 e. The maximum atomic E-state index is 10.9. The van der Waals surface area contributed by atoms with Crippen LogP contribution < -0.4 is 5.32 Å². The van der Waals surface area contributed by atoms with Crippen LogP contribution in [0, 0.1) is 6.92 Å². The Morgan fingerprint density at radius 3 is 2.65 bits per heavy atom. The van der Waals surface area contributed by atoms with Crippen molar-refractivity contribution in [3.8, 4) is 16.8 Å². The zero-order chi connectivity index (χ0) is 25.4. The highest BCUT2D eigenvalue weighted by Gasteiger charge is 2.30. The molecule has 1 aliphatic rings. The van der Waals surface area contributed by atoms with Gasteiger partial charge >= 0.3 is 0 Å². The molecule has 2 N–H and O–H groups in total. The minimum Gasteiger partial charge on any atom is -0.390 e. The summed E-state index contributed by atoms with van der Waals surface area (Å²) in [6.45, 7) is 4.72. The third-order valence-corrected chi connectivity index (χ3v) is 7.71. The highest BCUT2D eigenvalue weighted by atomic mass is 16.3. The van der Waals surface area contributed by atoms with Crippen molar-refractivity contribution in [2.75, 3.05) is 32.0 Å². The van der Waals surface area contributed by atoms with Gasteiger partial charge in [-0.15, -0.1) is 0 Å². The first-order chi connectivity index (χ1) is 18.0. The predicted molar refractivity (Wildman–Crippen MR) is 151 cm³/mol. The molecule has 188 valence electrons. The number of para-hydroxylation sites is 1. The van der Waals surface area contributed by atoms with Gasteiger partial charge in [-0.3, -0.25) is 4.98 Å². The molecule has 2 aromatic heterocycles. The first kappa shape index (κ1) is 23.6. The van der Waals surface area contributed by atoms with E-state index in [1.165, 1.54) is 0 Å². The number of hydrogen-bond acceptors (Lipinski definition) is 5. The highest BCUT2D eigenvalue weighted by molar-refractivity contribution is 5.99. The number of aliphatic hydroxyl groups is 1. The summed E-state index contributed by atoms with van der Waals surface area (Å²) in [5.74, 6) is 0. The monoisotopic (exact) mass is 491 g/mol. The Morgan fingerprint density at radius 1 is 0.973 bits per heavy atom. The van der Waals surface area contributed by atoms with Gasteiger partial charge in [0.05, 0.1) is 28.0 Å². The Bertz CT molecular complexity index is 1570. The minimum atomic E-state index is -0.569. The molecule has 0 radical (unpaired) electrons. The number of nitrogens with one attached hydrogen (secondary N) is 1. The average molecular weight is 492 g/mol. The molecular weight excluding hydrogens is 458 g/mol. The van der Waals surface area contributed by atoms with Crippen LogP contribution in [0.4, 0.5) is 5.69 Å². The third kappa shape index (κ3) is 4.70. The number of pyridine rings is 1. The lowest BCUT2D eigenvalue weighted by Gasteiger charge is -2.36. The number of aromatic nitrogens is 3. The predicted octanol–water partition coefficient (Wildman–Crippen LogP) is 5.81. The van der Waals surface area contributed by atoms with E-state index in [2.05, 4.69) is 83.8 Å². The first-order valence-corrected chi connectivity index (χ1v) is 13.1. The molecule has 0 spiro atoms. The van der Waals surface area contributed by atoms with E-state index in [9.17, 15) is 5.11 Å². The molecule has 6 rings (SSSR count). The van der Waals surface area contributed by atoms with Gasteiger partial charge in [0.2, 0.25) is 0 Å². The number of likely N-dealkylation sites (tertiary alicyclic amines) is 1. The molecular formula is C31H33N5O. The molecule has 0 saturated carbocycles. The van der Waals surface area contributed by atoms with Crippen molar-refractivity contribution < 1.29 is 5.11 Å². The van der Waals surface area contributed by atoms with E-state index >= 15 is 0 Å². The second kappa shape index (κ2) is 9.61. The van der Waals surface area contributed by atoms with Crippen molar-refractivity contribution >= 4 is 27.5 Å². The van der Waals surface area contributed by atoms with Gasteiger partial charge in [-0.25, -0.2) is 4.68 Å². The molecule has 6 nitrogen and oxygen atoms in total. The SMILES string of the molecule is Cc1nn(-c2cccc(NCCC3(O)CCN(C)CC3)c2)c2cccc(-c3cnc4ccccc4c3)c12. The molecule has 5 aromatic rings. The molecule has 0 aliphatic carbocycles. The Morgan fingerprint density at radius 2 is 1.78 bits per heavy atom. The zero-order valence-corrected chi connectivity index (χ0v) is 21.5. The number of nitrogens with zero attached hydrogens (tertiary/aromatic N) is 4. The second-order valence-electron chi connectivity index (χ2n) is 10.4. The summed E-state index contributed by atoms with van der Waals surface area (Å²) in [7, 11) is 2.12. The average Bonchev–Trinajstić information content (AvgIpc) is 3.27. The van der Waals surface area contributed by atoms with Gasteiger partial charge in [0, 0.05) is 47.9 Å². The fourth-order valence-corrected chi connectivity index (χ4v) is 5.48. The molecule has 1 fully saturated rings. The van der Waals surface area contributed by atoms with Crippen molar-refractivity contribution in [2.45, 2.75) is 31.8 Å². The molecule has 0 atom stereocenters. The molecule has 3 heterocycles. The van der Waals surface area contributed by atoms with E-state index in [1.54, 1.807) is 0 Å². The van der Waals surface area contributed by atoms with Gasteiger partial charge in [-0.1, -0.05) is 36.4 Å². The van der Waals surface area contributed by atoms with Crippen molar-refractivity contribution in [3.05, 3.63) is 84.7 Å². The molecule has 3 aromatic carbocycles. The van der Waals surface area contributed by atoms with Gasteiger partial charge in [0.15, 0.2) is 0 Å². The van der Waals surface area contributed by atoms with Crippen LogP contribution in [-0.4, -0.2) is 57.1 Å². The van der Waals surface area contributed by atoms with Crippen LogP contribution >= 0.6 is 0 Å². The highest BCUT2D eigenvalue weighted by Crippen LogP contribution is 2.33. The van der Waals surface area contributed by atoms with Crippen molar-refractivity contribution in [1.82, 2.24) is 19.7 Å². The van der Waals surface area contributed by atoms with E-state index in [1.807, 2.05) is 29.1 Å². The zero-order valence-electron chi connectivity index (χ0n) is 21.5. The summed E-state index contributed by atoms with van der Waals surface area (Å²) in [4.78, 5) is 6.97. The molecule has 6 heteroatoms. The molecule has 0 amide bonds. The third-order valence-electron chi connectivity index (χ3n) is 7.71. The second-order valence-corrected chi connectivity index (χ2v) is 10.4. The summed E-state index contributed by atoms with van der Waals surface area (Å²) in [5.41, 5.74) is 6.76. The largest absolute Gasteiger partial charge is 0.390 e. The van der Waals surface area contributed by atoms with Crippen LogP contribution in [0.2, 0.25) is 0 Å². The van der Waals surface area contributed by atoms with Crippen LogP contribution in [0.3, 0.4) is 0 Å². The summed E-state index contributed by atoms with van der Waals surface area (Å²) < 4.78 is 2.03. The summed E-state index contributed by atoms with van der Waals surface area (Å²) >= 11 is 0. The number of benzene rings is 3. The molecule has 0 bridgehead atoms. The number of aryl methyl sites for hydroxylation is 1. The van der Waals surface area contributed by atoms with Crippen molar-refractivity contribution in [1.29, 1.82) is 0 Å². The van der Waals surface area contributed by atoms with E-state index < -0.39 is 5.60 Å². The standard InChI is InChI=1S/C31H33N5O/c1-22-30-27(24-19-23-7-3-4-11-28(23)33-21-24)10-6-12-29(30)36(34-22)26-9-5-8-25(20-26)32-16-13-31(37)14-17-35(2)18-15-31/h3-12,19-21,32,37H,13-18H2,1-2H3. The van der Waals surface area contributed by atoms with E-state index in [0.717, 1.165) is 88.9 Å². The normalized spacial score (nSPS) is 15.9. The molecule has 1 aliphatic heterocycles. The van der Waals surface area contributed by atoms with E-state index in [4.69, 9.17) is 5.10 Å². The number of rotatable bonds is 6. The van der Waals surface area contributed by atoms with Crippen LogP contribution in [-0.2, 0) is 0 Å². The topological polar surface area (TPSA) is 66.2 Å². The van der Waals surface area contributed by atoms with E-state index in [0.29, 0.717) is 0 Å². The smallest absolute Gasteiger partial charge is 0.0750 e. The van der Waals surface area contributed by atoms with Gasteiger partial charge in [-0.2, -0.15) is 5.10 Å². The summed E-state index contributed by atoms with van der Waals surface area (Å²) in [5, 5.41) is 21.7. The maximum absolute atomic E-state index is 10.9. The van der Waals surface area contributed by atoms with Crippen molar-refractivity contribution in [3.63, 3.8) is 0 Å². The first-order valence-electron chi connectivity index (χ1n) is 13.1. The number of fused-ring (bicyclic) bond motifs is 2. The van der Waals surface area contributed by atoms with Crippen LogP contribution in [0.25, 0.3) is 38.6 Å². The summed E-state index contributed by atoms with van der Waals surface area (Å²) in [6.07, 6.45) is 4.37. The Kier molecular flexibility index (Phi) is 6.14. The fourth-order valence-electron chi connectivity index (χ4n) is 5.48. The molecule has 0 unspecified atom stereocenters. The lowest BCUT2D eigenvalue weighted by Crippen LogP contribution is -2.43. The Hall–Kier alpha value is -3.74. The quantitative estimate of drug-likeness (QED) is 0.314. The number of hydrogen-bond donors (Lipinski definition) is 2. The lowest BCUT2D eigenvalue weighted by molar-refractivity contribution is -0.0194. The van der Waals surface area contributed by atoms with Crippen LogP contribution in [0.1, 0.15) is 25.0 Å². The van der Waals surface area contributed by atoms with Crippen LogP contribution in [0.15, 0.2) is 79.0 Å². The van der Waals surface area contributed by atoms with Gasteiger partial charge in [0.25, 0.3) is 0 Å². The van der Waals surface area contributed by atoms with Gasteiger partial charge in [-0.05, 0) is 75.2 Å². The minimum absolute atomic E-state index is 0.569. The number of anilines is 1. The van der Waals surface area contributed by atoms with Crippen LogP contribution in [0.5, 0.6) is 0 Å². The molecule has 37 heavy (non-hydrogen) atoms. The number of piperidine rings is 1. The lowest BCUT2D eigenvalue weighted by atomic mass is 9.88. The Balaban J connectivity index is 1.28. The van der Waals surface area contributed by atoms with Crippen molar-refractivity contribution in [2.24, 2.45) is 0 Å². The van der Waals surface area contributed by atoms with Gasteiger partial charge in [0.1, 0.15) is 0 Å². The van der Waals surface area contributed by atoms with E-state index in [-0.39, 0.29) is 0 Å². The summed E-state index contributed by atoms with van der Waals surface area (Å²) in [6, 6.07) is 25.1. The fraction of sp³-hybridized carbons (Fsp3) is 0.290. The van der Waals surface area contributed by atoms with Gasteiger partial charge < -0.3 is 15.3 Å². The Labute approximate surface area is 217 Å². The molecule has 1 saturated heterocycles.